The summed E-state index contributed by atoms with van der Waals surface area (Å²) in [4.78, 5) is 28.7. The van der Waals surface area contributed by atoms with Gasteiger partial charge in [-0.15, -0.1) is 0 Å². The number of carbonyl (C=O) groups is 2. The number of benzene rings is 2. The monoisotopic (exact) mass is 392 g/mol. The van der Waals surface area contributed by atoms with E-state index in [9.17, 15) is 9.59 Å². The molecule has 5 heteroatoms. The molecule has 0 aromatic heterocycles. The second-order valence-electron chi connectivity index (χ2n) is 7.74. The number of likely N-dealkylation sites (tertiary alicyclic amines) is 1. The number of nitrogens with zero attached hydrogens (tertiary/aromatic N) is 2. The Bertz CT molecular complexity index is 861. The van der Waals surface area contributed by atoms with Gasteiger partial charge in [0, 0.05) is 25.2 Å². The Morgan fingerprint density at radius 2 is 1.79 bits per heavy atom. The quantitative estimate of drug-likeness (QED) is 0.743. The van der Waals surface area contributed by atoms with Gasteiger partial charge in [0.2, 0.25) is 11.8 Å². The van der Waals surface area contributed by atoms with Crippen LogP contribution in [0, 0.1) is 0 Å². The van der Waals surface area contributed by atoms with Gasteiger partial charge in [0.1, 0.15) is 5.75 Å². The maximum Gasteiger partial charge on any atom is 0.227 e. The summed E-state index contributed by atoms with van der Waals surface area (Å²) in [6.45, 7) is 4.21. The van der Waals surface area contributed by atoms with Crippen LogP contribution in [-0.4, -0.2) is 36.4 Å². The lowest BCUT2D eigenvalue weighted by Gasteiger charge is -2.25. The smallest absolute Gasteiger partial charge is 0.227 e. The summed E-state index contributed by atoms with van der Waals surface area (Å²) >= 11 is 0. The zero-order chi connectivity index (χ0) is 20.2. The standard InChI is InChI=1S/C24H28N2O3/c1-2-29-21-13-9-19(10-14-21)22-5-3-16-26(22)24(28)17-18-7-11-20(12-8-18)25-15-4-6-23(25)27/h7-14,22H,2-6,15-17H2,1H3/t22-/m0/s1. The molecule has 0 bridgehead atoms. The molecule has 1 atom stereocenters. The molecule has 2 fully saturated rings. The molecule has 0 unspecified atom stereocenters. The van der Waals surface area contributed by atoms with Crippen LogP contribution in [0.5, 0.6) is 5.75 Å². The fraction of sp³-hybridized carbons (Fsp3) is 0.417. The van der Waals surface area contributed by atoms with E-state index in [2.05, 4.69) is 12.1 Å². The van der Waals surface area contributed by atoms with E-state index in [0.29, 0.717) is 19.4 Å². The van der Waals surface area contributed by atoms with Crippen molar-refractivity contribution < 1.29 is 14.3 Å². The summed E-state index contributed by atoms with van der Waals surface area (Å²) in [7, 11) is 0. The molecule has 0 spiro atoms. The second kappa shape index (κ2) is 8.68. The van der Waals surface area contributed by atoms with Gasteiger partial charge >= 0.3 is 0 Å². The van der Waals surface area contributed by atoms with Crippen molar-refractivity contribution in [2.75, 3.05) is 24.6 Å². The lowest BCUT2D eigenvalue weighted by molar-refractivity contribution is -0.131. The van der Waals surface area contributed by atoms with Gasteiger partial charge in [-0.25, -0.2) is 0 Å². The highest BCUT2D eigenvalue weighted by Gasteiger charge is 2.30. The van der Waals surface area contributed by atoms with Crippen molar-refractivity contribution in [3.05, 3.63) is 59.7 Å². The molecular formula is C24H28N2O3. The lowest BCUT2D eigenvalue weighted by Crippen LogP contribution is -2.31. The Hall–Kier alpha value is -2.82. The van der Waals surface area contributed by atoms with E-state index < -0.39 is 0 Å². The van der Waals surface area contributed by atoms with Crippen LogP contribution in [0.15, 0.2) is 48.5 Å². The van der Waals surface area contributed by atoms with Crippen LogP contribution in [-0.2, 0) is 16.0 Å². The minimum absolute atomic E-state index is 0.139. The van der Waals surface area contributed by atoms with Gasteiger partial charge in [0.05, 0.1) is 19.1 Å². The highest BCUT2D eigenvalue weighted by atomic mass is 16.5. The van der Waals surface area contributed by atoms with Crippen LogP contribution in [0.2, 0.25) is 0 Å². The molecular weight excluding hydrogens is 364 g/mol. The average Bonchev–Trinajstić information content (AvgIpc) is 3.39. The highest BCUT2D eigenvalue weighted by molar-refractivity contribution is 5.95. The van der Waals surface area contributed by atoms with Gasteiger partial charge in [0.25, 0.3) is 0 Å². The topological polar surface area (TPSA) is 49.9 Å². The van der Waals surface area contributed by atoms with E-state index in [1.54, 1.807) is 0 Å². The SMILES string of the molecule is CCOc1ccc([C@@H]2CCCN2C(=O)Cc2ccc(N3CCCC3=O)cc2)cc1. The fourth-order valence-corrected chi connectivity index (χ4v) is 4.36. The van der Waals surface area contributed by atoms with Crippen LogP contribution in [0.25, 0.3) is 0 Å². The van der Waals surface area contributed by atoms with E-state index >= 15 is 0 Å². The van der Waals surface area contributed by atoms with Crippen LogP contribution in [0.3, 0.4) is 0 Å². The van der Waals surface area contributed by atoms with E-state index in [1.165, 1.54) is 5.56 Å². The number of amides is 2. The molecule has 2 saturated heterocycles. The summed E-state index contributed by atoms with van der Waals surface area (Å²) in [6, 6.07) is 16.1. The Kier molecular flexibility index (Phi) is 5.84. The molecule has 2 aromatic rings. The van der Waals surface area contributed by atoms with Crippen molar-refractivity contribution in [3.63, 3.8) is 0 Å². The zero-order valence-electron chi connectivity index (χ0n) is 17.0. The van der Waals surface area contributed by atoms with Gasteiger partial charge in [-0.1, -0.05) is 24.3 Å². The van der Waals surface area contributed by atoms with Gasteiger partial charge in [-0.05, 0) is 61.6 Å². The molecule has 2 aliphatic rings. The van der Waals surface area contributed by atoms with Crippen molar-refractivity contribution in [2.45, 2.75) is 45.1 Å². The van der Waals surface area contributed by atoms with E-state index in [1.807, 2.05) is 53.1 Å². The molecule has 4 rings (SSSR count). The van der Waals surface area contributed by atoms with Gasteiger partial charge in [-0.2, -0.15) is 0 Å². The summed E-state index contributed by atoms with van der Waals surface area (Å²) in [5.74, 6) is 1.21. The van der Waals surface area contributed by atoms with Gasteiger partial charge < -0.3 is 14.5 Å². The normalized spacial score (nSPS) is 19.1. The predicted octanol–water partition coefficient (Wildman–Crippen LogP) is 4.12. The maximum absolute atomic E-state index is 13.0. The Labute approximate surface area is 172 Å². The van der Waals surface area contributed by atoms with Crippen LogP contribution in [0.1, 0.15) is 49.8 Å². The molecule has 152 valence electrons. The maximum atomic E-state index is 13.0. The number of hydrogen-bond acceptors (Lipinski definition) is 3. The summed E-state index contributed by atoms with van der Waals surface area (Å²) in [6.07, 6.45) is 3.96. The summed E-state index contributed by atoms with van der Waals surface area (Å²) in [5.41, 5.74) is 3.09. The van der Waals surface area contributed by atoms with Crippen LogP contribution >= 0.6 is 0 Å². The van der Waals surface area contributed by atoms with Crippen molar-refractivity contribution in [2.24, 2.45) is 0 Å². The highest BCUT2D eigenvalue weighted by Crippen LogP contribution is 2.33. The van der Waals surface area contributed by atoms with Crippen LogP contribution < -0.4 is 9.64 Å². The molecule has 0 saturated carbocycles. The minimum Gasteiger partial charge on any atom is -0.494 e. The van der Waals surface area contributed by atoms with Crippen molar-refractivity contribution >= 4 is 17.5 Å². The molecule has 2 amide bonds. The second-order valence-corrected chi connectivity index (χ2v) is 7.74. The summed E-state index contributed by atoms with van der Waals surface area (Å²) in [5, 5.41) is 0. The minimum atomic E-state index is 0.139. The first kappa shape index (κ1) is 19.5. The number of ether oxygens (including phenoxy) is 1. The van der Waals surface area contributed by atoms with Crippen molar-refractivity contribution in [3.8, 4) is 5.75 Å². The Balaban J connectivity index is 1.41. The Morgan fingerprint density at radius 3 is 2.45 bits per heavy atom. The largest absolute Gasteiger partial charge is 0.494 e. The third-order valence-electron chi connectivity index (χ3n) is 5.83. The number of carbonyl (C=O) groups excluding carboxylic acids is 2. The molecule has 0 N–H and O–H groups in total. The van der Waals surface area contributed by atoms with Crippen molar-refractivity contribution in [1.82, 2.24) is 4.90 Å². The van der Waals surface area contributed by atoms with E-state index in [0.717, 1.165) is 49.4 Å². The molecule has 2 heterocycles. The molecule has 5 nitrogen and oxygen atoms in total. The number of anilines is 1. The third kappa shape index (κ3) is 4.29. The molecule has 0 aliphatic carbocycles. The predicted molar refractivity (Wildman–Crippen MR) is 113 cm³/mol. The number of hydrogen-bond donors (Lipinski definition) is 0. The average molecular weight is 392 g/mol. The van der Waals surface area contributed by atoms with Crippen molar-refractivity contribution in [1.29, 1.82) is 0 Å². The first-order chi connectivity index (χ1) is 14.2. The van der Waals surface area contributed by atoms with E-state index in [4.69, 9.17) is 4.74 Å². The summed E-state index contributed by atoms with van der Waals surface area (Å²) < 4.78 is 5.52. The van der Waals surface area contributed by atoms with Gasteiger partial charge in [-0.3, -0.25) is 9.59 Å². The lowest BCUT2D eigenvalue weighted by atomic mass is 10.0. The molecule has 2 aliphatic heterocycles. The Morgan fingerprint density at radius 1 is 1.03 bits per heavy atom. The first-order valence-electron chi connectivity index (χ1n) is 10.6. The number of rotatable bonds is 6. The van der Waals surface area contributed by atoms with E-state index in [-0.39, 0.29) is 17.9 Å². The van der Waals surface area contributed by atoms with Crippen LogP contribution in [0.4, 0.5) is 5.69 Å². The molecule has 2 aromatic carbocycles. The zero-order valence-corrected chi connectivity index (χ0v) is 17.0. The molecule has 29 heavy (non-hydrogen) atoms. The van der Waals surface area contributed by atoms with Gasteiger partial charge in [0.15, 0.2) is 0 Å². The molecule has 0 radical (unpaired) electrons. The first-order valence-corrected chi connectivity index (χ1v) is 10.6. The fourth-order valence-electron chi connectivity index (χ4n) is 4.36. The third-order valence-corrected chi connectivity index (χ3v) is 5.83.